The maximum atomic E-state index is 13.4. The van der Waals surface area contributed by atoms with Crippen LogP contribution in [0.25, 0.3) is 11.0 Å². The molecule has 0 aliphatic carbocycles. The molecule has 0 amide bonds. The molecule has 0 saturated carbocycles. The van der Waals surface area contributed by atoms with Gasteiger partial charge in [-0.15, -0.1) is 8.78 Å². The van der Waals surface area contributed by atoms with Crippen molar-refractivity contribution in [2.45, 2.75) is 19.3 Å². The Hall–Kier alpha value is -3.30. The Balaban J connectivity index is 1.82. The van der Waals surface area contributed by atoms with Gasteiger partial charge in [0.15, 0.2) is 17.3 Å². The molecule has 3 aromatic rings. The zero-order valence-electron chi connectivity index (χ0n) is 13.3. The number of fused-ring (bicyclic) bond motifs is 2. The molecule has 6 nitrogen and oxygen atoms in total. The highest BCUT2D eigenvalue weighted by Crippen LogP contribution is 2.43. The summed E-state index contributed by atoms with van der Waals surface area (Å²) in [4.78, 5) is 14.9. The third-order valence-corrected chi connectivity index (χ3v) is 4.06. The number of para-hydroxylation sites is 1. The van der Waals surface area contributed by atoms with E-state index < -0.39 is 24.5 Å². The number of imidazole rings is 1. The van der Waals surface area contributed by atoms with Crippen molar-refractivity contribution >= 4 is 17.0 Å². The number of alkyl halides is 4. The normalized spacial score (nSPS) is 14.9. The van der Waals surface area contributed by atoms with Crippen LogP contribution in [0.5, 0.6) is 11.5 Å². The van der Waals surface area contributed by atoms with Gasteiger partial charge < -0.3 is 19.1 Å². The number of benzene rings is 2. The van der Waals surface area contributed by atoms with E-state index in [0.717, 1.165) is 4.57 Å². The van der Waals surface area contributed by atoms with Gasteiger partial charge >= 0.3 is 12.3 Å². The van der Waals surface area contributed by atoms with Crippen LogP contribution >= 0.6 is 0 Å². The highest BCUT2D eigenvalue weighted by atomic mass is 19.3. The zero-order chi connectivity index (χ0) is 19.3. The molecule has 1 aromatic heterocycles. The Labute approximate surface area is 148 Å². The van der Waals surface area contributed by atoms with E-state index >= 15 is 0 Å². The lowest BCUT2D eigenvalue weighted by Crippen LogP contribution is -2.26. The van der Waals surface area contributed by atoms with Gasteiger partial charge in [-0.05, 0) is 24.3 Å². The second kappa shape index (κ2) is 5.86. The molecule has 0 unspecified atom stereocenters. The topological polar surface area (TPSA) is 73.6 Å². The minimum atomic E-state index is -3.84. The van der Waals surface area contributed by atoms with Crippen molar-refractivity contribution in [1.29, 1.82) is 0 Å². The summed E-state index contributed by atoms with van der Waals surface area (Å²) >= 11 is 0. The molecule has 2 heterocycles. The van der Waals surface area contributed by atoms with Crippen molar-refractivity contribution in [3.63, 3.8) is 0 Å². The average molecular weight is 382 g/mol. The minimum absolute atomic E-state index is 0.0558. The van der Waals surface area contributed by atoms with Gasteiger partial charge in [0.25, 0.3) is 6.43 Å². The molecule has 2 aromatic carbocycles. The lowest BCUT2D eigenvalue weighted by Gasteiger charge is -2.11. The van der Waals surface area contributed by atoms with Crippen LogP contribution < -0.4 is 9.47 Å². The maximum absolute atomic E-state index is 13.4. The Morgan fingerprint density at radius 2 is 2.00 bits per heavy atom. The molecule has 27 heavy (non-hydrogen) atoms. The lowest BCUT2D eigenvalue weighted by molar-refractivity contribution is -0.286. The van der Waals surface area contributed by atoms with Gasteiger partial charge in [-0.25, -0.2) is 18.6 Å². The summed E-state index contributed by atoms with van der Waals surface area (Å²) in [5.41, 5.74) is 0.372. The number of ether oxygens (including phenoxy) is 2. The van der Waals surface area contributed by atoms with Crippen LogP contribution in [0.4, 0.5) is 17.6 Å². The SMILES string of the molecule is O=C(O)c1ccc2c(c1)nc(C(F)F)n2Cc1cccc2c1OC(F)(F)O2. The highest BCUT2D eigenvalue weighted by molar-refractivity contribution is 5.92. The average Bonchev–Trinajstić information content (AvgIpc) is 3.11. The van der Waals surface area contributed by atoms with Gasteiger partial charge in [-0.2, -0.15) is 0 Å². The molecule has 0 spiro atoms. The van der Waals surface area contributed by atoms with E-state index in [1.165, 1.54) is 36.4 Å². The molecule has 0 atom stereocenters. The Morgan fingerprint density at radius 3 is 2.70 bits per heavy atom. The lowest BCUT2D eigenvalue weighted by atomic mass is 10.1. The van der Waals surface area contributed by atoms with Crippen molar-refractivity contribution in [3.05, 3.63) is 53.3 Å². The molecule has 4 rings (SSSR count). The summed E-state index contributed by atoms with van der Waals surface area (Å²) in [5, 5.41) is 9.04. The minimum Gasteiger partial charge on any atom is -0.478 e. The van der Waals surface area contributed by atoms with Gasteiger partial charge in [0, 0.05) is 5.56 Å². The van der Waals surface area contributed by atoms with Gasteiger partial charge in [0.2, 0.25) is 0 Å². The standard InChI is InChI=1S/C17H10F4N2O4/c18-14(19)15-22-10-6-8(16(24)25)4-5-11(10)23(15)7-9-2-1-3-12-13(9)27-17(20,21)26-12/h1-6,14H,7H2,(H,24,25). The van der Waals surface area contributed by atoms with Crippen molar-refractivity contribution in [1.82, 2.24) is 9.55 Å². The molecule has 0 saturated heterocycles. The second-order valence-electron chi connectivity index (χ2n) is 5.78. The van der Waals surface area contributed by atoms with E-state index in [4.69, 9.17) is 5.11 Å². The third kappa shape index (κ3) is 2.92. The summed E-state index contributed by atoms with van der Waals surface area (Å²) in [6.45, 7) is -0.245. The number of aromatic nitrogens is 2. The summed E-state index contributed by atoms with van der Waals surface area (Å²) in [7, 11) is 0. The molecule has 140 valence electrons. The molecule has 1 N–H and O–H groups in total. The fraction of sp³-hybridized carbons (Fsp3) is 0.176. The van der Waals surface area contributed by atoms with E-state index in [-0.39, 0.29) is 40.2 Å². The van der Waals surface area contributed by atoms with E-state index in [2.05, 4.69) is 14.5 Å². The fourth-order valence-corrected chi connectivity index (χ4v) is 2.93. The van der Waals surface area contributed by atoms with E-state index in [1.54, 1.807) is 0 Å². The van der Waals surface area contributed by atoms with Crippen LogP contribution in [-0.4, -0.2) is 26.9 Å². The predicted molar refractivity (Wildman–Crippen MR) is 83.4 cm³/mol. The molecule has 1 aliphatic heterocycles. The largest absolute Gasteiger partial charge is 0.586 e. The Bertz CT molecular complexity index is 1060. The third-order valence-electron chi connectivity index (χ3n) is 4.06. The summed E-state index contributed by atoms with van der Waals surface area (Å²) in [5.74, 6) is -2.28. The maximum Gasteiger partial charge on any atom is 0.586 e. The van der Waals surface area contributed by atoms with E-state index in [9.17, 15) is 22.4 Å². The molecular weight excluding hydrogens is 372 g/mol. The first-order valence-corrected chi connectivity index (χ1v) is 7.64. The first kappa shape index (κ1) is 17.1. The molecule has 0 bridgehead atoms. The second-order valence-corrected chi connectivity index (χ2v) is 5.78. The Morgan fingerprint density at radius 1 is 1.22 bits per heavy atom. The van der Waals surface area contributed by atoms with Gasteiger partial charge in [-0.3, -0.25) is 0 Å². The molecule has 0 radical (unpaired) electrons. The van der Waals surface area contributed by atoms with Crippen LogP contribution in [0.15, 0.2) is 36.4 Å². The number of rotatable bonds is 4. The zero-order valence-corrected chi connectivity index (χ0v) is 13.3. The first-order chi connectivity index (χ1) is 12.7. The van der Waals surface area contributed by atoms with E-state index in [0.29, 0.717) is 0 Å². The monoisotopic (exact) mass is 382 g/mol. The van der Waals surface area contributed by atoms with Crippen molar-refractivity contribution in [3.8, 4) is 11.5 Å². The van der Waals surface area contributed by atoms with E-state index in [1.807, 2.05) is 0 Å². The number of hydrogen-bond acceptors (Lipinski definition) is 4. The number of halogens is 4. The fourth-order valence-electron chi connectivity index (χ4n) is 2.93. The quantitative estimate of drug-likeness (QED) is 0.690. The number of carboxylic acids is 1. The van der Waals surface area contributed by atoms with Crippen LogP contribution in [-0.2, 0) is 6.54 Å². The van der Waals surface area contributed by atoms with Crippen LogP contribution in [0, 0.1) is 0 Å². The van der Waals surface area contributed by atoms with Crippen molar-refractivity contribution < 1.29 is 36.9 Å². The summed E-state index contributed by atoms with van der Waals surface area (Å²) < 4.78 is 63.5. The molecular formula is C17H10F4N2O4. The number of nitrogens with zero attached hydrogens (tertiary/aromatic N) is 2. The predicted octanol–water partition coefficient (Wildman–Crippen LogP) is 4.04. The Kier molecular flexibility index (Phi) is 3.72. The molecule has 10 heteroatoms. The van der Waals surface area contributed by atoms with Crippen molar-refractivity contribution in [2.75, 3.05) is 0 Å². The van der Waals surface area contributed by atoms with Crippen LogP contribution in [0.1, 0.15) is 28.2 Å². The smallest absolute Gasteiger partial charge is 0.478 e. The summed E-state index contributed by atoms with van der Waals surface area (Å²) in [6, 6.07) is 7.91. The van der Waals surface area contributed by atoms with Crippen LogP contribution in [0.3, 0.4) is 0 Å². The highest BCUT2D eigenvalue weighted by Gasteiger charge is 2.44. The van der Waals surface area contributed by atoms with Gasteiger partial charge in [-0.1, -0.05) is 12.1 Å². The number of hydrogen-bond donors (Lipinski definition) is 1. The number of carbonyl (C=O) groups is 1. The van der Waals surface area contributed by atoms with Crippen LogP contribution in [0.2, 0.25) is 0 Å². The van der Waals surface area contributed by atoms with Gasteiger partial charge in [0.1, 0.15) is 0 Å². The summed E-state index contributed by atoms with van der Waals surface area (Å²) in [6.07, 6.45) is -6.79. The first-order valence-electron chi connectivity index (χ1n) is 7.64. The molecule has 1 aliphatic rings. The van der Waals surface area contributed by atoms with Gasteiger partial charge in [0.05, 0.1) is 23.1 Å². The van der Waals surface area contributed by atoms with Crippen molar-refractivity contribution in [2.24, 2.45) is 0 Å². The number of aromatic carboxylic acids is 1. The number of carboxylic acid groups (broad SMARTS) is 1. The molecule has 0 fully saturated rings.